The van der Waals surface area contributed by atoms with Crippen molar-refractivity contribution >= 4 is 0 Å². The zero-order valence-corrected chi connectivity index (χ0v) is 8.35. The Morgan fingerprint density at radius 3 is 2.67 bits per heavy atom. The molecule has 0 N–H and O–H groups in total. The summed E-state index contributed by atoms with van der Waals surface area (Å²) in [5.74, 6) is 0.203. The maximum atomic E-state index is 9.32. The van der Waals surface area contributed by atoms with E-state index in [2.05, 4.69) is 30.4 Å². The summed E-state index contributed by atoms with van der Waals surface area (Å²) in [5.41, 5.74) is -0.593. The molecule has 1 fully saturated rings. The van der Waals surface area contributed by atoms with Crippen molar-refractivity contribution in [2.75, 3.05) is 0 Å². The molecule has 0 heterocycles. The minimum Gasteiger partial charge on any atom is -0.198 e. The van der Waals surface area contributed by atoms with Crippen LogP contribution >= 0.6 is 0 Å². The highest BCUT2D eigenvalue weighted by Gasteiger charge is 2.56. The van der Waals surface area contributed by atoms with Crippen molar-refractivity contribution in [3.8, 4) is 18.2 Å². The number of hydrogen-bond acceptors (Lipinski definition) is 3. The van der Waals surface area contributed by atoms with Crippen LogP contribution in [-0.2, 0) is 0 Å². The molecule has 15 heavy (non-hydrogen) atoms. The monoisotopic (exact) mass is 197 g/mol. The van der Waals surface area contributed by atoms with Crippen LogP contribution < -0.4 is 0 Å². The van der Waals surface area contributed by atoms with Gasteiger partial charge in [0.15, 0.2) is 0 Å². The van der Waals surface area contributed by atoms with Crippen LogP contribution in [0.5, 0.6) is 0 Å². The summed E-state index contributed by atoms with van der Waals surface area (Å²) < 4.78 is 0. The standard InChI is InChI=1S/C12H11N3/c13-5-1-4-12(8-15)10-3-2-9(6-10)11(12)7-14/h2-3,9-11H,1,4,6H2. The summed E-state index contributed by atoms with van der Waals surface area (Å²) in [5, 5.41) is 27.1. The van der Waals surface area contributed by atoms with Crippen LogP contribution in [-0.4, -0.2) is 0 Å². The highest BCUT2D eigenvalue weighted by Crippen LogP contribution is 2.57. The Labute approximate surface area is 89.2 Å². The molecule has 0 aromatic rings. The Balaban J connectivity index is 2.33. The highest BCUT2D eigenvalue weighted by molar-refractivity contribution is 5.29. The molecule has 3 heteroatoms. The van der Waals surface area contributed by atoms with Gasteiger partial charge in [0.05, 0.1) is 29.5 Å². The highest BCUT2D eigenvalue weighted by atomic mass is 14.6. The van der Waals surface area contributed by atoms with Gasteiger partial charge in [-0.05, 0) is 24.7 Å². The van der Waals surface area contributed by atoms with E-state index < -0.39 is 5.41 Å². The number of hydrogen-bond donors (Lipinski definition) is 0. The van der Waals surface area contributed by atoms with Crippen LogP contribution in [0.1, 0.15) is 19.3 Å². The normalized spacial score (nSPS) is 40.7. The largest absolute Gasteiger partial charge is 0.198 e. The SMILES string of the molecule is N#CCCC1(C#N)C2C=CC(C2)C1C#N. The molecule has 0 aliphatic heterocycles. The van der Waals surface area contributed by atoms with Crippen LogP contribution in [0.2, 0.25) is 0 Å². The molecule has 2 aliphatic carbocycles. The molecule has 0 radical (unpaired) electrons. The van der Waals surface area contributed by atoms with E-state index in [9.17, 15) is 5.26 Å². The van der Waals surface area contributed by atoms with Gasteiger partial charge in [-0.3, -0.25) is 0 Å². The topological polar surface area (TPSA) is 71.4 Å². The van der Waals surface area contributed by atoms with Gasteiger partial charge in [0, 0.05) is 6.42 Å². The Bertz CT molecular complexity index is 418. The van der Waals surface area contributed by atoms with E-state index in [0.29, 0.717) is 12.8 Å². The Hall–Kier alpha value is -1.79. The Morgan fingerprint density at radius 2 is 2.07 bits per heavy atom. The fourth-order valence-electron chi connectivity index (χ4n) is 2.99. The molecule has 2 rings (SSSR count). The predicted molar refractivity (Wildman–Crippen MR) is 52.7 cm³/mol. The lowest BCUT2D eigenvalue weighted by Crippen LogP contribution is -2.32. The number of allylic oxidation sites excluding steroid dienone is 2. The smallest absolute Gasteiger partial charge is 0.0809 e. The van der Waals surface area contributed by atoms with Gasteiger partial charge < -0.3 is 0 Å². The van der Waals surface area contributed by atoms with Crippen LogP contribution in [0.25, 0.3) is 0 Å². The van der Waals surface area contributed by atoms with E-state index in [1.165, 1.54) is 0 Å². The van der Waals surface area contributed by atoms with Crippen LogP contribution in [0.15, 0.2) is 12.2 Å². The van der Waals surface area contributed by atoms with E-state index >= 15 is 0 Å². The summed E-state index contributed by atoms with van der Waals surface area (Å²) in [6.07, 6.45) is 5.92. The van der Waals surface area contributed by atoms with Crippen LogP contribution in [0.3, 0.4) is 0 Å². The van der Waals surface area contributed by atoms with Gasteiger partial charge in [0.1, 0.15) is 0 Å². The van der Waals surface area contributed by atoms with Gasteiger partial charge in [0.25, 0.3) is 0 Å². The second-order valence-electron chi connectivity index (χ2n) is 4.31. The van der Waals surface area contributed by atoms with Crippen molar-refractivity contribution in [1.82, 2.24) is 0 Å². The first-order valence-electron chi connectivity index (χ1n) is 5.14. The lowest BCUT2D eigenvalue weighted by Gasteiger charge is -2.31. The zero-order valence-electron chi connectivity index (χ0n) is 8.35. The van der Waals surface area contributed by atoms with Crippen molar-refractivity contribution in [1.29, 1.82) is 15.8 Å². The number of nitriles is 3. The minimum absolute atomic E-state index is 0.186. The first-order chi connectivity index (χ1) is 7.28. The van der Waals surface area contributed by atoms with E-state index in [4.69, 9.17) is 10.5 Å². The lowest BCUT2D eigenvalue weighted by atomic mass is 9.67. The molecular formula is C12H11N3. The molecule has 4 unspecified atom stereocenters. The molecule has 4 atom stereocenters. The Kier molecular flexibility index (Phi) is 2.22. The van der Waals surface area contributed by atoms with Crippen molar-refractivity contribution in [3.05, 3.63) is 12.2 Å². The van der Waals surface area contributed by atoms with Crippen molar-refractivity contribution in [3.63, 3.8) is 0 Å². The number of rotatable bonds is 2. The third-order valence-corrected chi connectivity index (χ3v) is 3.76. The molecule has 0 amide bonds. The van der Waals surface area contributed by atoms with Gasteiger partial charge in [0.2, 0.25) is 0 Å². The molecule has 0 aromatic carbocycles. The maximum Gasteiger partial charge on any atom is 0.0809 e. The maximum absolute atomic E-state index is 9.32. The minimum atomic E-state index is -0.593. The fourth-order valence-corrected chi connectivity index (χ4v) is 2.99. The molecule has 2 bridgehead atoms. The summed E-state index contributed by atoms with van der Waals surface area (Å²) in [6, 6.07) is 6.66. The van der Waals surface area contributed by atoms with Crippen LogP contribution in [0.4, 0.5) is 0 Å². The van der Waals surface area contributed by atoms with E-state index in [1.807, 2.05) is 0 Å². The van der Waals surface area contributed by atoms with Crippen molar-refractivity contribution < 1.29 is 0 Å². The summed E-state index contributed by atoms with van der Waals surface area (Å²) >= 11 is 0. The van der Waals surface area contributed by atoms with Gasteiger partial charge in [-0.2, -0.15) is 15.8 Å². The second-order valence-corrected chi connectivity index (χ2v) is 4.31. The summed E-state index contributed by atoms with van der Waals surface area (Å²) in [7, 11) is 0. The summed E-state index contributed by atoms with van der Waals surface area (Å²) in [6.45, 7) is 0. The average Bonchev–Trinajstić information content (AvgIpc) is 2.84. The molecule has 1 saturated carbocycles. The number of nitrogens with zero attached hydrogens (tertiary/aromatic N) is 3. The first-order valence-corrected chi connectivity index (χ1v) is 5.14. The van der Waals surface area contributed by atoms with E-state index in [1.54, 1.807) is 0 Å². The molecule has 0 aromatic heterocycles. The van der Waals surface area contributed by atoms with Crippen molar-refractivity contribution in [2.45, 2.75) is 19.3 Å². The fraction of sp³-hybridized carbons (Fsp3) is 0.583. The average molecular weight is 197 g/mol. The third-order valence-electron chi connectivity index (χ3n) is 3.76. The van der Waals surface area contributed by atoms with Crippen molar-refractivity contribution in [2.24, 2.45) is 23.2 Å². The van der Waals surface area contributed by atoms with Gasteiger partial charge in [-0.25, -0.2) is 0 Å². The summed E-state index contributed by atoms with van der Waals surface area (Å²) in [4.78, 5) is 0. The molecule has 0 saturated heterocycles. The predicted octanol–water partition coefficient (Wildman–Crippen LogP) is 2.15. The second kappa shape index (κ2) is 3.41. The molecular weight excluding hydrogens is 186 g/mol. The van der Waals surface area contributed by atoms with Crippen LogP contribution in [0, 0.1) is 57.2 Å². The van der Waals surface area contributed by atoms with Gasteiger partial charge >= 0.3 is 0 Å². The molecule has 74 valence electrons. The zero-order chi connectivity index (χ0) is 10.9. The third kappa shape index (κ3) is 1.15. The van der Waals surface area contributed by atoms with E-state index in [0.717, 1.165) is 6.42 Å². The molecule has 0 spiro atoms. The van der Waals surface area contributed by atoms with Gasteiger partial charge in [-0.1, -0.05) is 12.2 Å². The Morgan fingerprint density at radius 1 is 1.27 bits per heavy atom. The van der Waals surface area contributed by atoms with E-state index in [-0.39, 0.29) is 17.8 Å². The molecule has 3 nitrogen and oxygen atoms in total. The molecule has 2 aliphatic rings. The quantitative estimate of drug-likeness (QED) is 0.636. The number of fused-ring (bicyclic) bond motifs is 2. The van der Waals surface area contributed by atoms with Gasteiger partial charge in [-0.15, -0.1) is 0 Å². The first kappa shape index (κ1) is 9.75. The lowest BCUT2D eigenvalue weighted by molar-refractivity contribution is 0.249.